The molecule has 1 aliphatic heterocycles. The van der Waals surface area contributed by atoms with Crippen LogP contribution in [0.1, 0.15) is 81.3 Å². The molecule has 2 heterocycles. The Bertz CT molecular complexity index is 1580. The summed E-state index contributed by atoms with van der Waals surface area (Å²) in [4.78, 5) is 54.8. The molecule has 0 fully saturated rings. The molecule has 0 saturated carbocycles. The number of halogens is 2. The number of aromatic nitrogens is 1. The van der Waals surface area contributed by atoms with Crippen LogP contribution in [0, 0.1) is 17.0 Å². The third kappa shape index (κ3) is 8.40. The first-order valence-electron chi connectivity index (χ1n) is 15.0. The lowest BCUT2D eigenvalue weighted by Gasteiger charge is -2.45. The zero-order chi connectivity index (χ0) is 34.6. The summed E-state index contributed by atoms with van der Waals surface area (Å²) in [6.45, 7) is 11.3. The number of nitrogens with one attached hydrogen (secondary N) is 1. The number of Topliss-reactive ketones (excluding diaryl/α,β-unsaturated/α-hetero) is 1. The van der Waals surface area contributed by atoms with E-state index in [4.69, 9.17) is 13.8 Å². The highest BCUT2D eigenvalue weighted by atomic mass is 31.2. The topological polar surface area (TPSA) is 153 Å². The van der Waals surface area contributed by atoms with E-state index in [1.54, 1.807) is 48.5 Å². The van der Waals surface area contributed by atoms with Crippen molar-refractivity contribution in [2.24, 2.45) is 5.41 Å². The van der Waals surface area contributed by atoms with Crippen molar-refractivity contribution in [2.45, 2.75) is 79.6 Å². The third-order valence-corrected chi connectivity index (χ3v) is 9.61. The Morgan fingerprint density at radius 2 is 1.78 bits per heavy atom. The number of amides is 2. The van der Waals surface area contributed by atoms with Crippen LogP contribution in [-0.4, -0.2) is 69.9 Å². The van der Waals surface area contributed by atoms with Crippen molar-refractivity contribution in [1.82, 2.24) is 14.8 Å². The SMILES string of the molecule is CCOP(=O)(CCCN(C(=O)OC(C)(C)C)C1Cn2cc(C(=O)NCc3ccc(F)cc3F)c(=O)c(O)c2C(=O)C1(C)C)OCC. The van der Waals surface area contributed by atoms with Gasteiger partial charge in [-0.3, -0.25) is 18.9 Å². The number of nitrogens with zero attached hydrogens (tertiary/aromatic N) is 2. The van der Waals surface area contributed by atoms with Crippen molar-refractivity contribution >= 4 is 25.4 Å². The van der Waals surface area contributed by atoms with E-state index in [2.05, 4.69) is 5.32 Å². The van der Waals surface area contributed by atoms with Crippen LogP contribution in [0.15, 0.2) is 29.2 Å². The maximum atomic E-state index is 14.1. The van der Waals surface area contributed by atoms with E-state index < -0.39 is 70.8 Å². The number of benzene rings is 1. The Kier molecular flexibility index (Phi) is 11.6. The summed E-state index contributed by atoms with van der Waals surface area (Å²) in [5.74, 6) is -4.29. The van der Waals surface area contributed by atoms with E-state index in [0.717, 1.165) is 18.3 Å². The van der Waals surface area contributed by atoms with E-state index in [1.807, 2.05) is 0 Å². The zero-order valence-electron chi connectivity index (χ0n) is 27.1. The van der Waals surface area contributed by atoms with Gasteiger partial charge in [-0.05, 0) is 47.1 Å². The number of carbonyl (C=O) groups excluding carboxylic acids is 3. The number of rotatable bonds is 12. The van der Waals surface area contributed by atoms with Gasteiger partial charge in [0.1, 0.15) is 28.5 Å². The van der Waals surface area contributed by atoms with Crippen LogP contribution < -0.4 is 10.7 Å². The quantitative estimate of drug-likeness (QED) is 0.289. The van der Waals surface area contributed by atoms with Crippen LogP contribution in [-0.2, 0) is 31.4 Å². The molecular formula is C31H42F2N3O9P. The first-order chi connectivity index (χ1) is 21.3. The number of fused-ring (bicyclic) bond motifs is 1. The number of hydrogen-bond donors (Lipinski definition) is 2. The predicted octanol–water partition coefficient (Wildman–Crippen LogP) is 5.25. The maximum absolute atomic E-state index is 14.1. The number of ether oxygens (including phenoxy) is 1. The van der Waals surface area contributed by atoms with E-state index in [1.165, 1.54) is 9.47 Å². The maximum Gasteiger partial charge on any atom is 0.410 e. The van der Waals surface area contributed by atoms with Crippen LogP contribution in [0.5, 0.6) is 5.75 Å². The first kappa shape index (κ1) is 36.9. The highest BCUT2D eigenvalue weighted by Crippen LogP contribution is 2.48. The van der Waals surface area contributed by atoms with Gasteiger partial charge in [0, 0.05) is 37.5 Å². The number of ketones is 1. The minimum Gasteiger partial charge on any atom is -0.503 e. The highest BCUT2D eigenvalue weighted by molar-refractivity contribution is 7.53. The lowest BCUT2D eigenvalue weighted by atomic mass is 9.75. The van der Waals surface area contributed by atoms with Crippen molar-refractivity contribution in [2.75, 3.05) is 25.9 Å². The van der Waals surface area contributed by atoms with Crippen molar-refractivity contribution < 1.29 is 46.6 Å². The number of pyridine rings is 1. The number of aromatic hydroxyl groups is 1. The summed E-state index contributed by atoms with van der Waals surface area (Å²) < 4.78 is 58.1. The van der Waals surface area contributed by atoms with Crippen molar-refractivity contribution in [1.29, 1.82) is 0 Å². The Morgan fingerprint density at radius 1 is 1.15 bits per heavy atom. The molecule has 1 aliphatic rings. The van der Waals surface area contributed by atoms with Gasteiger partial charge >= 0.3 is 13.7 Å². The van der Waals surface area contributed by atoms with Crippen LogP contribution in [0.2, 0.25) is 0 Å². The Hall–Kier alpha value is -3.61. The molecule has 3 rings (SSSR count). The molecule has 12 nitrogen and oxygen atoms in total. The molecule has 15 heteroatoms. The van der Waals surface area contributed by atoms with E-state index in [-0.39, 0.29) is 56.7 Å². The predicted molar refractivity (Wildman–Crippen MR) is 165 cm³/mol. The minimum atomic E-state index is -3.45. The van der Waals surface area contributed by atoms with Crippen molar-refractivity contribution in [3.63, 3.8) is 0 Å². The van der Waals surface area contributed by atoms with Crippen LogP contribution in [0.25, 0.3) is 0 Å². The van der Waals surface area contributed by atoms with Crippen LogP contribution in [0.3, 0.4) is 0 Å². The molecule has 0 radical (unpaired) electrons. The minimum absolute atomic E-state index is 0.0154. The first-order valence-corrected chi connectivity index (χ1v) is 16.7. The normalized spacial score (nSPS) is 16.1. The van der Waals surface area contributed by atoms with Gasteiger partial charge in [-0.15, -0.1) is 0 Å². The van der Waals surface area contributed by atoms with Gasteiger partial charge in [0.15, 0.2) is 11.5 Å². The fraction of sp³-hybridized carbons (Fsp3) is 0.548. The molecule has 2 aromatic rings. The smallest absolute Gasteiger partial charge is 0.410 e. The van der Waals surface area contributed by atoms with Gasteiger partial charge in [0.25, 0.3) is 5.91 Å². The lowest BCUT2D eigenvalue weighted by molar-refractivity contribution is -0.00431. The molecule has 46 heavy (non-hydrogen) atoms. The Morgan fingerprint density at radius 3 is 2.35 bits per heavy atom. The fourth-order valence-corrected chi connectivity index (χ4v) is 6.83. The van der Waals surface area contributed by atoms with Crippen LogP contribution in [0.4, 0.5) is 13.6 Å². The molecule has 0 aliphatic carbocycles. The van der Waals surface area contributed by atoms with E-state index in [0.29, 0.717) is 6.07 Å². The summed E-state index contributed by atoms with van der Waals surface area (Å²) in [5.41, 5.74) is -4.28. The van der Waals surface area contributed by atoms with Gasteiger partial charge in [0.2, 0.25) is 5.43 Å². The molecule has 0 saturated heterocycles. The second kappa shape index (κ2) is 14.4. The molecule has 1 atom stereocenters. The summed E-state index contributed by atoms with van der Waals surface area (Å²) in [6, 6.07) is 1.89. The average molecular weight is 670 g/mol. The standard InChI is InChI=1S/C31H42F2N3O9P/c1-8-43-46(42,44-9-2)14-10-13-36(29(41)45-30(3,4)5)23-18-35-17-21(25(37)26(38)24(35)27(39)31(23,6)7)28(40)34-16-19-11-12-20(32)15-22(19)33/h11-12,15,17,23,38H,8-10,13-14,16,18H2,1-7H3,(H,34,40). The largest absolute Gasteiger partial charge is 0.503 e. The molecule has 1 aromatic heterocycles. The lowest BCUT2D eigenvalue weighted by Crippen LogP contribution is -2.58. The summed E-state index contributed by atoms with van der Waals surface area (Å²) in [6.07, 6.45) is 0.485. The molecule has 1 aromatic carbocycles. The van der Waals surface area contributed by atoms with Crippen molar-refractivity contribution in [3.8, 4) is 5.75 Å². The molecule has 254 valence electrons. The van der Waals surface area contributed by atoms with Crippen molar-refractivity contribution in [3.05, 3.63) is 63.1 Å². The average Bonchev–Trinajstić information content (AvgIpc) is 2.94. The third-order valence-electron chi connectivity index (χ3n) is 7.45. The second-order valence-corrected chi connectivity index (χ2v) is 14.6. The fourth-order valence-electron chi connectivity index (χ4n) is 5.18. The molecule has 0 spiro atoms. The number of hydrogen-bond acceptors (Lipinski definition) is 9. The summed E-state index contributed by atoms with van der Waals surface area (Å²) >= 11 is 0. The monoisotopic (exact) mass is 669 g/mol. The van der Waals surface area contributed by atoms with E-state index in [9.17, 15) is 37.6 Å². The van der Waals surface area contributed by atoms with Gasteiger partial charge in [0.05, 0.1) is 30.8 Å². The van der Waals surface area contributed by atoms with Crippen LogP contribution >= 0.6 is 7.60 Å². The van der Waals surface area contributed by atoms with Gasteiger partial charge in [-0.25, -0.2) is 13.6 Å². The van der Waals surface area contributed by atoms with Gasteiger partial charge in [-0.2, -0.15) is 0 Å². The molecule has 2 N–H and O–H groups in total. The van der Waals surface area contributed by atoms with Gasteiger partial charge < -0.3 is 33.7 Å². The molecule has 1 unspecified atom stereocenters. The van der Waals surface area contributed by atoms with Gasteiger partial charge in [-0.1, -0.05) is 19.9 Å². The molecule has 0 bridgehead atoms. The second-order valence-electron chi connectivity index (χ2n) is 12.4. The highest BCUT2D eigenvalue weighted by Gasteiger charge is 2.49. The molecule has 2 amide bonds. The zero-order valence-corrected chi connectivity index (χ0v) is 28.0. The van der Waals surface area contributed by atoms with E-state index >= 15 is 0 Å². The number of carbonyl (C=O) groups is 3. The summed E-state index contributed by atoms with van der Waals surface area (Å²) in [7, 11) is -3.45. The molecular weight excluding hydrogens is 627 g/mol. The summed E-state index contributed by atoms with van der Waals surface area (Å²) in [5, 5.41) is 13.2. The Balaban J connectivity index is 1.99. The Labute approximate surface area is 266 Å².